The molecule has 0 aliphatic rings. The fourth-order valence-corrected chi connectivity index (χ4v) is 2.01. The number of esters is 1. The van der Waals surface area contributed by atoms with Crippen LogP contribution in [0, 0.1) is 0 Å². The predicted octanol–water partition coefficient (Wildman–Crippen LogP) is 3.07. The number of hydrogen-bond donors (Lipinski definition) is 2. The number of rotatable bonds is 3. The molecule has 0 bridgehead atoms. The SMILES string of the molecule is COC(=O)c1ccccc1NC(=O)c1ccc(Br)c(N)c1. The molecule has 21 heavy (non-hydrogen) atoms. The fourth-order valence-electron chi connectivity index (χ4n) is 1.76. The van der Waals surface area contributed by atoms with E-state index in [1.165, 1.54) is 7.11 Å². The monoisotopic (exact) mass is 348 g/mol. The van der Waals surface area contributed by atoms with Crippen LogP contribution >= 0.6 is 15.9 Å². The first-order valence-corrected chi connectivity index (χ1v) is 6.86. The second-order valence-corrected chi connectivity index (χ2v) is 5.08. The summed E-state index contributed by atoms with van der Waals surface area (Å²) < 4.78 is 5.40. The molecule has 2 aromatic rings. The first-order chi connectivity index (χ1) is 10.0. The van der Waals surface area contributed by atoms with Crippen molar-refractivity contribution >= 4 is 39.2 Å². The lowest BCUT2D eigenvalue weighted by Crippen LogP contribution is -2.15. The number of amides is 1. The highest BCUT2D eigenvalue weighted by atomic mass is 79.9. The number of benzene rings is 2. The van der Waals surface area contributed by atoms with Crippen molar-refractivity contribution in [2.24, 2.45) is 0 Å². The molecule has 2 rings (SSSR count). The van der Waals surface area contributed by atoms with Crippen molar-refractivity contribution in [2.75, 3.05) is 18.2 Å². The molecule has 5 nitrogen and oxygen atoms in total. The van der Waals surface area contributed by atoms with Gasteiger partial charge >= 0.3 is 5.97 Å². The van der Waals surface area contributed by atoms with Gasteiger partial charge in [0.1, 0.15) is 0 Å². The zero-order chi connectivity index (χ0) is 15.4. The summed E-state index contributed by atoms with van der Waals surface area (Å²) in [7, 11) is 1.29. The van der Waals surface area contributed by atoms with Crippen LogP contribution in [0.25, 0.3) is 0 Å². The Morgan fingerprint density at radius 2 is 1.90 bits per heavy atom. The number of para-hydroxylation sites is 1. The number of nitrogens with two attached hydrogens (primary N) is 1. The summed E-state index contributed by atoms with van der Waals surface area (Å²) in [4.78, 5) is 23.9. The summed E-state index contributed by atoms with van der Waals surface area (Å²) in [5.41, 5.74) is 7.29. The Kier molecular flexibility index (Phi) is 4.59. The van der Waals surface area contributed by atoms with E-state index in [-0.39, 0.29) is 5.91 Å². The Morgan fingerprint density at radius 1 is 1.19 bits per heavy atom. The van der Waals surface area contributed by atoms with E-state index in [4.69, 9.17) is 5.73 Å². The van der Waals surface area contributed by atoms with Crippen LogP contribution in [0.1, 0.15) is 20.7 Å². The van der Waals surface area contributed by atoms with Crippen LogP contribution in [-0.2, 0) is 4.74 Å². The molecule has 0 spiro atoms. The normalized spacial score (nSPS) is 10.0. The van der Waals surface area contributed by atoms with E-state index in [1.807, 2.05) is 0 Å². The van der Waals surface area contributed by atoms with Crippen LogP contribution in [0.2, 0.25) is 0 Å². The minimum absolute atomic E-state index is 0.290. The number of halogens is 1. The summed E-state index contributed by atoms with van der Waals surface area (Å²) in [6, 6.07) is 11.5. The Hall–Kier alpha value is -2.34. The largest absolute Gasteiger partial charge is 0.465 e. The quantitative estimate of drug-likeness (QED) is 0.659. The molecule has 0 unspecified atom stereocenters. The maximum Gasteiger partial charge on any atom is 0.339 e. The van der Waals surface area contributed by atoms with Gasteiger partial charge in [-0.25, -0.2) is 4.79 Å². The van der Waals surface area contributed by atoms with Crippen molar-refractivity contribution in [3.8, 4) is 0 Å². The number of ether oxygens (including phenoxy) is 1. The Labute approximate surface area is 130 Å². The summed E-state index contributed by atoms with van der Waals surface area (Å²) in [5.74, 6) is -0.869. The van der Waals surface area contributed by atoms with Gasteiger partial charge in [-0.15, -0.1) is 0 Å². The third kappa shape index (κ3) is 3.41. The summed E-state index contributed by atoms with van der Waals surface area (Å²) in [6.45, 7) is 0. The molecule has 0 aliphatic heterocycles. The first-order valence-electron chi connectivity index (χ1n) is 6.06. The van der Waals surface area contributed by atoms with Gasteiger partial charge in [0, 0.05) is 15.7 Å². The molecule has 1 amide bonds. The van der Waals surface area contributed by atoms with Crippen molar-refractivity contribution < 1.29 is 14.3 Å². The van der Waals surface area contributed by atoms with Crippen molar-refractivity contribution in [2.45, 2.75) is 0 Å². The van der Waals surface area contributed by atoms with Gasteiger partial charge < -0.3 is 15.8 Å². The molecule has 3 N–H and O–H groups in total. The number of carbonyl (C=O) groups excluding carboxylic acids is 2. The Bertz CT molecular complexity index is 701. The predicted molar refractivity (Wildman–Crippen MR) is 84.3 cm³/mol. The number of anilines is 2. The van der Waals surface area contributed by atoms with Gasteiger partial charge in [0.25, 0.3) is 5.91 Å². The van der Waals surface area contributed by atoms with Crippen molar-refractivity contribution in [1.82, 2.24) is 0 Å². The lowest BCUT2D eigenvalue weighted by Gasteiger charge is -2.10. The van der Waals surface area contributed by atoms with Crippen LogP contribution in [0.4, 0.5) is 11.4 Å². The van der Waals surface area contributed by atoms with Gasteiger partial charge in [-0.3, -0.25) is 4.79 Å². The van der Waals surface area contributed by atoms with E-state index in [9.17, 15) is 9.59 Å². The highest BCUT2D eigenvalue weighted by Gasteiger charge is 2.14. The average molecular weight is 349 g/mol. The Morgan fingerprint density at radius 3 is 2.57 bits per heavy atom. The fraction of sp³-hybridized carbons (Fsp3) is 0.0667. The van der Waals surface area contributed by atoms with Crippen LogP contribution in [0.15, 0.2) is 46.9 Å². The first kappa shape index (κ1) is 15.1. The summed E-state index contributed by atoms with van der Waals surface area (Å²) in [6.07, 6.45) is 0. The molecule has 0 atom stereocenters. The number of methoxy groups -OCH3 is 1. The molecule has 0 heterocycles. The second-order valence-electron chi connectivity index (χ2n) is 4.23. The number of nitrogen functional groups attached to an aromatic ring is 1. The van der Waals surface area contributed by atoms with Gasteiger partial charge in [-0.2, -0.15) is 0 Å². The summed E-state index contributed by atoms with van der Waals surface area (Å²) >= 11 is 3.27. The van der Waals surface area contributed by atoms with Crippen LogP contribution in [-0.4, -0.2) is 19.0 Å². The zero-order valence-electron chi connectivity index (χ0n) is 11.2. The van der Waals surface area contributed by atoms with E-state index >= 15 is 0 Å². The molecule has 0 fully saturated rings. The highest BCUT2D eigenvalue weighted by molar-refractivity contribution is 9.10. The zero-order valence-corrected chi connectivity index (χ0v) is 12.8. The maximum atomic E-state index is 12.2. The van der Waals surface area contributed by atoms with E-state index in [0.29, 0.717) is 27.0 Å². The Balaban J connectivity index is 2.27. The van der Waals surface area contributed by atoms with Crippen molar-refractivity contribution in [3.63, 3.8) is 0 Å². The minimum atomic E-state index is -0.513. The lowest BCUT2D eigenvalue weighted by atomic mass is 10.1. The molecule has 108 valence electrons. The van der Waals surface area contributed by atoms with Gasteiger partial charge in [0.05, 0.1) is 18.4 Å². The molecule has 0 saturated carbocycles. The smallest absolute Gasteiger partial charge is 0.339 e. The topological polar surface area (TPSA) is 81.4 Å². The van der Waals surface area contributed by atoms with Gasteiger partial charge in [0.2, 0.25) is 0 Å². The van der Waals surface area contributed by atoms with Crippen LogP contribution in [0.5, 0.6) is 0 Å². The summed E-state index contributed by atoms with van der Waals surface area (Å²) in [5, 5.41) is 2.68. The number of nitrogens with one attached hydrogen (secondary N) is 1. The van der Waals surface area contributed by atoms with Gasteiger partial charge in [-0.1, -0.05) is 12.1 Å². The average Bonchev–Trinajstić information content (AvgIpc) is 2.49. The van der Waals surface area contributed by atoms with Crippen LogP contribution in [0.3, 0.4) is 0 Å². The standard InChI is InChI=1S/C15H13BrN2O3/c1-21-15(20)10-4-2-3-5-13(10)18-14(19)9-6-7-11(16)12(17)8-9/h2-8H,17H2,1H3,(H,18,19). The highest BCUT2D eigenvalue weighted by Crippen LogP contribution is 2.22. The van der Waals surface area contributed by atoms with E-state index < -0.39 is 5.97 Å². The van der Waals surface area contributed by atoms with E-state index in [0.717, 1.165) is 0 Å². The number of hydrogen-bond acceptors (Lipinski definition) is 4. The maximum absolute atomic E-state index is 12.2. The molecule has 0 aromatic heterocycles. The number of carbonyl (C=O) groups is 2. The van der Waals surface area contributed by atoms with E-state index in [1.54, 1.807) is 42.5 Å². The molecule has 0 aliphatic carbocycles. The molecule has 0 radical (unpaired) electrons. The molecular formula is C15H13BrN2O3. The lowest BCUT2D eigenvalue weighted by molar-refractivity contribution is 0.0602. The molecule has 2 aromatic carbocycles. The molecule has 0 saturated heterocycles. The second kappa shape index (κ2) is 6.41. The molecule has 6 heteroatoms. The minimum Gasteiger partial charge on any atom is -0.465 e. The van der Waals surface area contributed by atoms with Crippen molar-refractivity contribution in [3.05, 3.63) is 58.1 Å². The van der Waals surface area contributed by atoms with Gasteiger partial charge in [-0.05, 0) is 46.3 Å². The third-order valence-electron chi connectivity index (χ3n) is 2.84. The van der Waals surface area contributed by atoms with Crippen LogP contribution < -0.4 is 11.1 Å². The van der Waals surface area contributed by atoms with Crippen molar-refractivity contribution in [1.29, 1.82) is 0 Å². The van der Waals surface area contributed by atoms with Gasteiger partial charge in [0.15, 0.2) is 0 Å². The third-order valence-corrected chi connectivity index (χ3v) is 3.56. The van der Waals surface area contributed by atoms with E-state index in [2.05, 4.69) is 26.0 Å². The molecular weight excluding hydrogens is 336 g/mol.